The Morgan fingerprint density at radius 2 is 2.09 bits per heavy atom. The van der Waals surface area contributed by atoms with Crippen molar-refractivity contribution in [2.24, 2.45) is 7.05 Å². The summed E-state index contributed by atoms with van der Waals surface area (Å²) in [5.74, 6) is 0.331. The number of fused-ring (bicyclic) bond motifs is 3. The normalized spacial score (nSPS) is 21.0. The Morgan fingerprint density at radius 3 is 2.77 bits per heavy atom. The second kappa shape index (κ2) is 6.11. The molecule has 0 radical (unpaired) electrons. The molecule has 0 spiro atoms. The molecule has 3 rings (SSSR count). The van der Waals surface area contributed by atoms with E-state index in [2.05, 4.69) is 37.5 Å². The number of aromatic nitrogens is 1. The van der Waals surface area contributed by atoms with Crippen molar-refractivity contribution in [3.05, 3.63) is 29.5 Å². The summed E-state index contributed by atoms with van der Waals surface area (Å²) < 4.78 is 8.41. The summed E-state index contributed by atoms with van der Waals surface area (Å²) in [6, 6.07) is 5.63. The van der Waals surface area contributed by atoms with E-state index in [9.17, 15) is 5.11 Å². The lowest BCUT2D eigenvalue weighted by molar-refractivity contribution is -0.0600. The number of phenols is 1. The highest BCUT2D eigenvalue weighted by atomic mass is 35.5. The molecule has 1 atom stereocenters. The summed E-state index contributed by atoms with van der Waals surface area (Å²) >= 11 is 0. The zero-order valence-electron chi connectivity index (χ0n) is 13.7. The molecule has 2 aromatic rings. The van der Waals surface area contributed by atoms with Crippen LogP contribution in [0.25, 0.3) is 10.9 Å². The largest absolute Gasteiger partial charge is 0.508 e. The summed E-state index contributed by atoms with van der Waals surface area (Å²) in [4.78, 5) is 2.19. The fraction of sp³-hybridized carbons (Fsp3) is 0.529. The summed E-state index contributed by atoms with van der Waals surface area (Å²) in [7, 11) is 6.28. The van der Waals surface area contributed by atoms with Crippen molar-refractivity contribution in [1.29, 1.82) is 0 Å². The number of hydrogen-bond donors (Lipinski definition) is 1. The summed E-state index contributed by atoms with van der Waals surface area (Å²) in [6.45, 7) is 3.92. The average Bonchev–Trinajstić information content (AvgIpc) is 2.71. The number of hydrogen-bond acceptors (Lipinski definition) is 3. The molecule has 1 N–H and O–H groups in total. The Labute approximate surface area is 138 Å². The van der Waals surface area contributed by atoms with E-state index in [4.69, 9.17) is 4.74 Å². The number of aromatic hydroxyl groups is 1. The Balaban J connectivity index is 0.00000176. The van der Waals surface area contributed by atoms with Gasteiger partial charge in [0.15, 0.2) is 0 Å². The van der Waals surface area contributed by atoms with Gasteiger partial charge in [0.25, 0.3) is 0 Å². The molecular weight excluding hydrogens is 300 g/mol. The minimum atomic E-state index is -0.263. The number of phenolic OH excluding ortho intramolecular Hbond substituents is 1. The Bertz CT molecular complexity index is 681. The predicted octanol–water partition coefficient (Wildman–Crippen LogP) is 3.05. The van der Waals surface area contributed by atoms with Crippen molar-refractivity contribution >= 4 is 23.3 Å². The van der Waals surface area contributed by atoms with Crippen LogP contribution in [0, 0.1) is 0 Å². The van der Waals surface area contributed by atoms with Gasteiger partial charge < -0.3 is 19.3 Å². The van der Waals surface area contributed by atoms with Crippen molar-refractivity contribution < 1.29 is 9.84 Å². The first kappa shape index (κ1) is 17.1. The second-order valence-electron chi connectivity index (χ2n) is 6.47. The molecule has 2 heterocycles. The zero-order chi connectivity index (χ0) is 15.2. The van der Waals surface area contributed by atoms with Crippen LogP contribution in [0.15, 0.2) is 18.2 Å². The highest BCUT2D eigenvalue weighted by Crippen LogP contribution is 2.41. The van der Waals surface area contributed by atoms with Crippen LogP contribution >= 0.6 is 12.4 Å². The number of ether oxygens (including phenoxy) is 1. The predicted molar refractivity (Wildman–Crippen MR) is 92.0 cm³/mol. The minimum absolute atomic E-state index is 0. The smallest absolute Gasteiger partial charge is 0.116 e. The maximum absolute atomic E-state index is 9.80. The van der Waals surface area contributed by atoms with Gasteiger partial charge in [-0.15, -0.1) is 12.4 Å². The first-order valence-corrected chi connectivity index (χ1v) is 7.52. The van der Waals surface area contributed by atoms with Crippen LogP contribution in [-0.4, -0.2) is 41.8 Å². The van der Waals surface area contributed by atoms with Gasteiger partial charge in [-0.3, -0.25) is 0 Å². The number of halogens is 1. The van der Waals surface area contributed by atoms with E-state index in [0.717, 1.165) is 31.4 Å². The van der Waals surface area contributed by atoms with Gasteiger partial charge in [-0.25, -0.2) is 0 Å². The molecular formula is C17H25ClN2O2. The second-order valence-corrected chi connectivity index (χ2v) is 6.47. The Hall–Kier alpha value is -1.23. The van der Waals surface area contributed by atoms with Crippen molar-refractivity contribution in [1.82, 2.24) is 9.47 Å². The fourth-order valence-electron chi connectivity index (χ4n) is 3.51. The third kappa shape index (κ3) is 2.71. The minimum Gasteiger partial charge on any atom is -0.508 e. The molecule has 5 heteroatoms. The molecule has 0 amide bonds. The summed E-state index contributed by atoms with van der Waals surface area (Å²) in [6.07, 6.45) is 1.87. The molecule has 4 nitrogen and oxygen atoms in total. The summed E-state index contributed by atoms with van der Waals surface area (Å²) in [5.41, 5.74) is 3.49. The zero-order valence-corrected chi connectivity index (χ0v) is 14.5. The third-order valence-corrected chi connectivity index (χ3v) is 4.60. The van der Waals surface area contributed by atoms with Crippen LogP contribution in [0.5, 0.6) is 5.75 Å². The molecule has 0 saturated heterocycles. The first-order valence-electron chi connectivity index (χ1n) is 7.52. The molecule has 122 valence electrons. The van der Waals surface area contributed by atoms with Gasteiger partial charge in [0.1, 0.15) is 11.4 Å². The van der Waals surface area contributed by atoms with Gasteiger partial charge in [0.2, 0.25) is 0 Å². The molecule has 1 aliphatic rings. The van der Waals surface area contributed by atoms with Gasteiger partial charge in [0, 0.05) is 24.5 Å². The molecule has 0 fully saturated rings. The molecule has 1 aromatic heterocycles. The van der Waals surface area contributed by atoms with Crippen LogP contribution < -0.4 is 0 Å². The molecule has 1 aliphatic heterocycles. The van der Waals surface area contributed by atoms with Gasteiger partial charge in [-0.1, -0.05) is 0 Å². The highest BCUT2D eigenvalue weighted by Gasteiger charge is 2.37. The quantitative estimate of drug-likeness (QED) is 0.943. The number of rotatable bonds is 3. The molecule has 1 unspecified atom stereocenters. The third-order valence-electron chi connectivity index (χ3n) is 4.60. The summed E-state index contributed by atoms with van der Waals surface area (Å²) in [5, 5.41) is 11.0. The van der Waals surface area contributed by atoms with Crippen LogP contribution in [0.2, 0.25) is 0 Å². The lowest BCUT2D eigenvalue weighted by Gasteiger charge is -2.36. The number of aryl methyl sites for hydroxylation is 1. The molecule has 22 heavy (non-hydrogen) atoms. The maximum atomic E-state index is 9.80. The van der Waals surface area contributed by atoms with Crippen molar-refractivity contribution in [3.63, 3.8) is 0 Å². The van der Waals surface area contributed by atoms with Crippen LogP contribution in [0.3, 0.4) is 0 Å². The lowest BCUT2D eigenvalue weighted by atomic mass is 9.89. The monoisotopic (exact) mass is 324 g/mol. The van der Waals surface area contributed by atoms with E-state index < -0.39 is 0 Å². The molecule has 0 aliphatic carbocycles. The first-order chi connectivity index (χ1) is 9.92. The number of nitrogens with zero attached hydrogens (tertiary/aromatic N) is 2. The van der Waals surface area contributed by atoms with E-state index in [1.807, 2.05) is 12.1 Å². The van der Waals surface area contributed by atoms with Crippen LogP contribution in [-0.2, 0) is 23.8 Å². The van der Waals surface area contributed by atoms with Gasteiger partial charge in [-0.05, 0) is 57.6 Å². The van der Waals surface area contributed by atoms with E-state index in [1.54, 1.807) is 6.07 Å². The van der Waals surface area contributed by atoms with E-state index >= 15 is 0 Å². The van der Waals surface area contributed by atoms with E-state index in [1.165, 1.54) is 16.8 Å². The highest BCUT2D eigenvalue weighted by molar-refractivity contribution is 5.87. The Morgan fingerprint density at radius 1 is 1.36 bits per heavy atom. The Kier molecular flexibility index (Phi) is 4.76. The maximum Gasteiger partial charge on any atom is 0.116 e. The lowest BCUT2D eigenvalue weighted by Crippen LogP contribution is -2.37. The topological polar surface area (TPSA) is 37.6 Å². The molecule has 0 saturated carbocycles. The van der Waals surface area contributed by atoms with Crippen molar-refractivity contribution in [3.8, 4) is 5.75 Å². The van der Waals surface area contributed by atoms with E-state index in [-0.39, 0.29) is 18.0 Å². The van der Waals surface area contributed by atoms with Gasteiger partial charge in [0.05, 0.1) is 12.3 Å². The van der Waals surface area contributed by atoms with Crippen LogP contribution in [0.1, 0.15) is 24.6 Å². The van der Waals surface area contributed by atoms with Gasteiger partial charge >= 0.3 is 0 Å². The molecule has 0 bridgehead atoms. The SMILES string of the molecule is CN(C)CCC1(C)OCCc2c1n(C)c1ccc(O)cc21.Cl. The van der Waals surface area contributed by atoms with Crippen LogP contribution in [0.4, 0.5) is 0 Å². The van der Waals surface area contributed by atoms with Crippen molar-refractivity contribution in [2.45, 2.75) is 25.4 Å². The number of benzene rings is 1. The standard InChI is InChI=1S/C17H24N2O2.ClH/c1-17(8-9-18(2)3)16-13(7-10-21-17)14-11-12(20)5-6-15(14)19(16)4;/h5-6,11,20H,7-10H2,1-4H3;1H. The molecule has 1 aromatic carbocycles. The van der Waals surface area contributed by atoms with E-state index in [0.29, 0.717) is 5.75 Å². The average molecular weight is 325 g/mol. The van der Waals surface area contributed by atoms with Crippen molar-refractivity contribution in [2.75, 3.05) is 27.2 Å². The fourth-order valence-corrected chi connectivity index (χ4v) is 3.51. The van der Waals surface area contributed by atoms with Gasteiger partial charge in [-0.2, -0.15) is 0 Å².